The van der Waals surface area contributed by atoms with Crippen LogP contribution in [0, 0.1) is 6.92 Å². The van der Waals surface area contributed by atoms with Crippen molar-refractivity contribution in [1.29, 1.82) is 0 Å². The Morgan fingerprint density at radius 2 is 1.68 bits per heavy atom. The SMILES string of the molecule is CC(=O)N1CCCN(Cc2ccccc2)CCN(C(=O)c2ccc(C(F)(F)F)nc2C)Cc2cc(-c3cccnc3)ccc21. The number of nitrogens with zero attached hydrogens (tertiary/aromatic N) is 5. The number of pyridine rings is 2. The fourth-order valence-electron chi connectivity index (χ4n) is 5.54. The maximum Gasteiger partial charge on any atom is 0.433 e. The van der Waals surface area contributed by atoms with Crippen molar-refractivity contribution in [3.8, 4) is 11.1 Å². The number of aromatic nitrogens is 2. The molecule has 0 saturated carbocycles. The zero-order valence-corrected chi connectivity index (χ0v) is 24.7. The Balaban J connectivity index is 1.56. The van der Waals surface area contributed by atoms with Gasteiger partial charge in [0.05, 0.1) is 11.3 Å². The lowest BCUT2D eigenvalue weighted by atomic mass is 10.0. The molecular formula is C34H34F3N5O2. The molecule has 0 aliphatic carbocycles. The number of aryl methyl sites for hydroxylation is 1. The largest absolute Gasteiger partial charge is 0.433 e. The van der Waals surface area contributed by atoms with E-state index in [9.17, 15) is 22.8 Å². The number of hydrogen-bond donors (Lipinski definition) is 0. The molecule has 0 unspecified atom stereocenters. The molecule has 44 heavy (non-hydrogen) atoms. The van der Waals surface area contributed by atoms with Gasteiger partial charge >= 0.3 is 6.18 Å². The smallest absolute Gasteiger partial charge is 0.333 e. The first-order valence-electron chi connectivity index (χ1n) is 14.5. The van der Waals surface area contributed by atoms with E-state index < -0.39 is 17.8 Å². The molecule has 3 heterocycles. The van der Waals surface area contributed by atoms with Crippen LogP contribution in [0.2, 0.25) is 0 Å². The number of carbonyl (C=O) groups excluding carboxylic acids is 2. The van der Waals surface area contributed by atoms with E-state index in [2.05, 4.69) is 14.9 Å². The van der Waals surface area contributed by atoms with Gasteiger partial charge < -0.3 is 9.80 Å². The van der Waals surface area contributed by atoms with Crippen LogP contribution < -0.4 is 4.90 Å². The first-order chi connectivity index (χ1) is 21.1. The van der Waals surface area contributed by atoms with E-state index in [4.69, 9.17) is 0 Å². The van der Waals surface area contributed by atoms with Crippen LogP contribution in [0.15, 0.2) is 85.2 Å². The van der Waals surface area contributed by atoms with E-state index in [-0.39, 0.29) is 23.7 Å². The van der Waals surface area contributed by atoms with E-state index in [1.807, 2.05) is 60.7 Å². The van der Waals surface area contributed by atoms with Crippen molar-refractivity contribution in [2.24, 2.45) is 0 Å². The van der Waals surface area contributed by atoms with Gasteiger partial charge in [-0.3, -0.25) is 19.5 Å². The molecule has 0 N–H and O–H groups in total. The summed E-state index contributed by atoms with van der Waals surface area (Å²) in [5.74, 6) is -0.537. The van der Waals surface area contributed by atoms with E-state index in [0.717, 1.165) is 28.3 Å². The summed E-state index contributed by atoms with van der Waals surface area (Å²) in [5.41, 5.74) is 3.41. The van der Waals surface area contributed by atoms with Gasteiger partial charge in [0.15, 0.2) is 0 Å². The summed E-state index contributed by atoms with van der Waals surface area (Å²) in [7, 11) is 0. The molecule has 2 amide bonds. The van der Waals surface area contributed by atoms with Gasteiger partial charge in [0.2, 0.25) is 5.91 Å². The van der Waals surface area contributed by atoms with Crippen LogP contribution in [0.25, 0.3) is 11.1 Å². The van der Waals surface area contributed by atoms with Gasteiger partial charge in [-0.25, -0.2) is 4.98 Å². The minimum atomic E-state index is -4.61. The van der Waals surface area contributed by atoms with Crippen LogP contribution in [0.5, 0.6) is 0 Å². The van der Waals surface area contributed by atoms with E-state index in [0.29, 0.717) is 44.8 Å². The van der Waals surface area contributed by atoms with Crippen LogP contribution >= 0.6 is 0 Å². The maximum atomic E-state index is 14.1. The highest BCUT2D eigenvalue weighted by Crippen LogP contribution is 2.31. The van der Waals surface area contributed by atoms with Crippen molar-refractivity contribution in [1.82, 2.24) is 19.8 Å². The first kappa shape index (κ1) is 30.9. The molecule has 0 fully saturated rings. The fourth-order valence-corrected chi connectivity index (χ4v) is 5.54. The molecule has 0 saturated heterocycles. The molecule has 1 aliphatic rings. The van der Waals surface area contributed by atoms with Crippen molar-refractivity contribution in [2.75, 3.05) is 31.1 Å². The first-order valence-corrected chi connectivity index (χ1v) is 14.5. The van der Waals surface area contributed by atoms with E-state index in [1.165, 1.54) is 19.9 Å². The Kier molecular flexibility index (Phi) is 9.39. The third-order valence-corrected chi connectivity index (χ3v) is 7.79. The fraction of sp³-hybridized carbons (Fsp3) is 0.294. The number of hydrogen-bond acceptors (Lipinski definition) is 5. The monoisotopic (exact) mass is 601 g/mol. The summed E-state index contributed by atoms with van der Waals surface area (Å²) in [5, 5.41) is 0. The number of carbonyl (C=O) groups is 2. The number of benzene rings is 2. The molecule has 0 bridgehead atoms. The quantitative estimate of drug-likeness (QED) is 0.272. The van der Waals surface area contributed by atoms with Gasteiger partial charge in [-0.1, -0.05) is 42.5 Å². The predicted molar refractivity (Wildman–Crippen MR) is 163 cm³/mol. The number of fused-ring (bicyclic) bond motifs is 1. The maximum absolute atomic E-state index is 14.1. The summed E-state index contributed by atoms with van der Waals surface area (Å²) in [6.07, 6.45) is -0.464. The highest BCUT2D eigenvalue weighted by Gasteiger charge is 2.33. The van der Waals surface area contributed by atoms with Gasteiger partial charge in [-0.05, 0) is 65.9 Å². The molecule has 2 aromatic heterocycles. The summed E-state index contributed by atoms with van der Waals surface area (Å²) in [6.45, 7) is 5.78. The Labute approximate surface area is 255 Å². The summed E-state index contributed by atoms with van der Waals surface area (Å²) in [4.78, 5) is 40.6. The van der Waals surface area contributed by atoms with E-state index >= 15 is 0 Å². The molecule has 5 rings (SSSR count). The average Bonchev–Trinajstić information content (AvgIpc) is 3.04. The molecule has 0 radical (unpaired) electrons. The van der Waals surface area contributed by atoms with Gasteiger partial charge in [-0.2, -0.15) is 13.2 Å². The molecule has 4 aromatic rings. The lowest BCUT2D eigenvalue weighted by Gasteiger charge is -2.29. The third kappa shape index (κ3) is 7.31. The van der Waals surface area contributed by atoms with Crippen LogP contribution in [-0.4, -0.2) is 57.8 Å². The molecule has 1 aliphatic heterocycles. The molecular weight excluding hydrogens is 567 g/mol. The number of anilines is 1. The van der Waals surface area contributed by atoms with E-state index in [1.54, 1.807) is 22.2 Å². The third-order valence-electron chi connectivity index (χ3n) is 7.79. The second-order valence-electron chi connectivity index (χ2n) is 10.9. The topological polar surface area (TPSA) is 69.6 Å². The zero-order valence-electron chi connectivity index (χ0n) is 24.7. The Bertz CT molecular complexity index is 1610. The standard InChI is InChI=1S/C34H34F3N5O2/c1-24-30(12-14-32(39-24)34(35,36)37)33(44)41-19-18-40(22-26-8-4-3-5-9-26)16-7-17-42(25(2)43)31-13-11-27(20-29(31)23-41)28-10-6-15-38-21-28/h3-6,8-15,20-21H,7,16-19,22-23H2,1-2H3. The molecule has 0 spiro atoms. The zero-order chi connectivity index (χ0) is 31.3. The number of amides is 2. The number of alkyl halides is 3. The minimum Gasteiger partial charge on any atom is -0.333 e. The van der Waals surface area contributed by atoms with Crippen LogP contribution in [0.1, 0.15) is 46.2 Å². The summed E-state index contributed by atoms with van der Waals surface area (Å²) < 4.78 is 40.0. The molecule has 10 heteroatoms. The lowest BCUT2D eigenvalue weighted by Crippen LogP contribution is -2.39. The predicted octanol–water partition coefficient (Wildman–Crippen LogP) is 6.37. The normalized spacial score (nSPS) is 14.9. The number of halogens is 3. The van der Waals surface area contributed by atoms with Gasteiger partial charge in [-0.15, -0.1) is 0 Å². The van der Waals surface area contributed by atoms with Crippen molar-refractivity contribution < 1.29 is 22.8 Å². The molecule has 7 nitrogen and oxygen atoms in total. The highest BCUT2D eigenvalue weighted by atomic mass is 19.4. The Morgan fingerprint density at radius 3 is 2.36 bits per heavy atom. The van der Waals surface area contributed by atoms with Crippen LogP contribution in [0.3, 0.4) is 0 Å². The number of rotatable bonds is 4. The van der Waals surface area contributed by atoms with Crippen LogP contribution in [0.4, 0.5) is 18.9 Å². The summed E-state index contributed by atoms with van der Waals surface area (Å²) in [6, 6.07) is 21.6. The van der Waals surface area contributed by atoms with Gasteiger partial charge in [0.1, 0.15) is 5.69 Å². The van der Waals surface area contributed by atoms with Gasteiger partial charge in [0, 0.05) is 64.3 Å². The Hall–Kier alpha value is -4.57. The van der Waals surface area contributed by atoms with Crippen LogP contribution in [-0.2, 0) is 24.1 Å². The van der Waals surface area contributed by atoms with Crippen molar-refractivity contribution in [2.45, 2.75) is 39.5 Å². The second-order valence-corrected chi connectivity index (χ2v) is 10.9. The second kappa shape index (κ2) is 13.4. The Morgan fingerprint density at radius 1 is 0.886 bits per heavy atom. The van der Waals surface area contributed by atoms with Crippen molar-refractivity contribution in [3.05, 3.63) is 113 Å². The van der Waals surface area contributed by atoms with Crippen molar-refractivity contribution >= 4 is 17.5 Å². The highest BCUT2D eigenvalue weighted by molar-refractivity contribution is 5.96. The minimum absolute atomic E-state index is 0.00924. The molecule has 0 atom stereocenters. The molecule has 228 valence electrons. The summed E-state index contributed by atoms with van der Waals surface area (Å²) >= 11 is 0. The van der Waals surface area contributed by atoms with Crippen molar-refractivity contribution in [3.63, 3.8) is 0 Å². The molecule has 2 aromatic carbocycles. The average molecular weight is 602 g/mol. The lowest BCUT2D eigenvalue weighted by molar-refractivity contribution is -0.141. The van der Waals surface area contributed by atoms with Gasteiger partial charge in [0.25, 0.3) is 5.91 Å².